The van der Waals surface area contributed by atoms with Gasteiger partial charge in [-0.2, -0.15) is 0 Å². The lowest BCUT2D eigenvalue weighted by atomic mass is 9.97. The molecule has 0 amide bonds. The van der Waals surface area contributed by atoms with E-state index in [0.717, 1.165) is 32.9 Å². The van der Waals surface area contributed by atoms with Crippen molar-refractivity contribution in [2.45, 2.75) is 26.6 Å². The molecule has 1 atom stereocenters. The third kappa shape index (κ3) is 4.09. The van der Waals surface area contributed by atoms with Crippen LogP contribution in [0.25, 0.3) is 21.8 Å². The molecule has 166 valence electrons. The summed E-state index contributed by atoms with van der Waals surface area (Å²) < 4.78 is 16.8. The van der Waals surface area contributed by atoms with Crippen LogP contribution < -0.4 is 0 Å². The summed E-state index contributed by atoms with van der Waals surface area (Å²) in [6, 6.07) is 13.9. The molecule has 0 saturated carbocycles. The molecule has 32 heavy (non-hydrogen) atoms. The predicted octanol–water partition coefficient (Wildman–Crippen LogP) is 5.82. The van der Waals surface area contributed by atoms with Gasteiger partial charge < -0.3 is 19.2 Å². The molecule has 6 nitrogen and oxygen atoms in total. The van der Waals surface area contributed by atoms with Crippen LogP contribution in [0.1, 0.15) is 47.3 Å². The lowest BCUT2D eigenvalue weighted by Crippen LogP contribution is -2.16. The topological polar surface area (TPSA) is 73.4 Å². The van der Waals surface area contributed by atoms with Gasteiger partial charge in [-0.1, -0.05) is 41.9 Å². The number of carbonyl (C=O) groups is 1. The summed E-state index contributed by atoms with van der Waals surface area (Å²) in [6.45, 7) is 4.30. The van der Waals surface area contributed by atoms with E-state index in [1.165, 1.54) is 0 Å². The molecule has 1 N–H and O–H groups in total. The van der Waals surface area contributed by atoms with Crippen molar-refractivity contribution in [1.29, 1.82) is 0 Å². The third-order valence-corrected chi connectivity index (χ3v) is 5.73. The Morgan fingerprint density at radius 1 is 1.03 bits per heavy atom. The number of benzene rings is 2. The zero-order chi connectivity index (χ0) is 22.7. The Kier molecular flexibility index (Phi) is 6.74. The molecule has 0 aliphatic carbocycles. The van der Waals surface area contributed by atoms with Gasteiger partial charge in [0.05, 0.1) is 23.9 Å². The van der Waals surface area contributed by atoms with Crippen LogP contribution in [-0.4, -0.2) is 36.3 Å². The van der Waals surface area contributed by atoms with Gasteiger partial charge in [-0.15, -0.1) is 0 Å². The SMILES string of the molecule is CCOC(=O)c1ncc2[nH]c3cccc(Cc4ccccc4Cl)c3c2c1C(OC)OCC. The van der Waals surface area contributed by atoms with Crippen LogP contribution in [0, 0.1) is 0 Å². The highest BCUT2D eigenvalue weighted by Crippen LogP contribution is 2.37. The molecule has 0 spiro atoms. The largest absolute Gasteiger partial charge is 0.461 e. The second-order valence-electron chi connectivity index (χ2n) is 7.29. The highest BCUT2D eigenvalue weighted by atomic mass is 35.5. The molecule has 0 aliphatic rings. The number of methoxy groups -OCH3 is 1. The first-order valence-electron chi connectivity index (χ1n) is 10.6. The maximum absolute atomic E-state index is 12.8. The van der Waals surface area contributed by atoms with E-state index in [1.807, 2.05) is 43.3 Å². The van der Waals surface area contributed by atoms with E-state index < -0.39 is 12.3 Å². The average Bonchev–Trinajstić information content (AvgIpc) is 3.18. The van der Waals surface area contributed by atoms with Crippen LogP contribution in [0.15, 0.2) is 48.7 Å². The first kappa shape index (κ1) is 22.3. The van der Waals surface area contributed by atoms with Gasteiger partial charge in [0, 0.05) is 35.0 Å². The first-order valence-corrected chi connectivity index (χ1v) is 10.9. The van der Waals surface area contributed by atoms with E-state index in [2.05, 4.69) is 16.0 Å². The number of nitrogens with zero attached hydrogens (tertiary/aromatic N) is 1. The van der Waals surface area contributed by atoms with Crippen molar-refractivity contribution in [3.8, 4) is 0 Å². The Balaban J connectivity index is 2.02. The minimum Gasteiger partial charge on any atom is -0.461 e. The van der Waals surface area contributed by atoms with Crippen LogP contribution in [0.2, 0.25) is 5.02 Å². The molecule has 2 heterocycles. The molecule has 0 fully saturated rings. The highest BCUT2D eigenvalue weighted by Gasteiger charge is 2.27. The van der Waals surface area contributed by atoms with Crippen LogP contribution in [-0.2, 0) is 20.6 Å². The van der Waals surface area contributed by atoms with Gasteiger partial charge in [0.15, 0.2) is 12.0 Å². The smallest absolute Gasteiger partial charge is 0.357 e. The van der Waals surface area contributed by atoms with Crippen LogP contribution in [0.3, 0.4) is 0 Å². The van der Waals surface area contributed by atoms with Gasteiger partial charge in [-0.25, -0.2) is 9.78 Å². The fraction of sp³-hybridized carbons (Fsp3) is 0.280. The van der Waals surface area contributed by atoms with Crippen molar-refractivity contribution in [2.75, 3.05) is 20.3 Å². The van der Waals surface area contributed by atoms with Crippen molar-refractivity contribution in [2.24, 2.45) is 0 Å². The molecule has 7 heteroatoms. The lowest BCUT2D eigenvalue weighted by molar-refractivity contribution is -0.123. The Morgan fingerprint density at radius 3 is 2.53 bits per heavy atom. The van der Waals surface area contributed by atoms with E-state index in [4.69, 9.17) is 25.8 Å². The summed E-state index contributed by atoms with van der Waals surface area (Å²) in [6.07, 6.45) is 1.51. The second kappa shape index (κ2) is 9.69. The fourth-order valence-corrected chi connectivity index (χ4v) is 4.24. The fourth-order valence-electron chi connectivity index (χ4n) is 4.04. The van der Waals surface area contributed by atoms with Gasteiger partial charge in [0.1, 0.15) is 0 Å². The number of fused-ring (bicyclic) bond motifs is 3. The summed E-state index contributed by atoms with van der Waals surface area (Å²) >= 11 is 6.45. The van der Waals surface area contributed by atoms with Crippen LogP contribution in [0.4, 0.5) is 0 Å². The number of nitrogens with one attached hydrogen (secondary N) is 1. The van der Waals surface area contributed by atoms with Crippen molar-refractivity contribution >= 4 is 39.4 Å². The lowest BCUT2D eigenvalue weighted by Gasteiger charge is -2.19. The van der Waals surface area contributed by atoms with Crippen LogP contribution in [0.5, 0.6) is 0 Å². The Labute approximate surface area is 191 Å². The monoisotopic (exact) mass is 452 g/mol. The number of carbonyl (C=O) groups excluding carboxylic acids is 1. The van der Waals surface area contributed by atoms with E-state index in [1.54, 1.807) is 20.2 Å². The molecule has 0 radical (unpaired) electrons. The highest BCUT2D eigenvalue weighted by molar-refractivity contribution is 6.31. The maximum atomic E-state index is 12.8. The second-order valence-corrected chi connectivity index (χ2v) is 7.69. The minimum absolute atomic E-state index is 0.188. The van der Waals surface area contributed by atoms with E-state index in [0.29, 0.717) is 23.6 Å². The van der Waals surface area contributed by atoms with E-state index in [-0.39, 0.29) is 12.3 Å². The summed E-state index contributed by atoms with van der Waals surface area (Å²) in [4.78, 5) is 20.6. The van der Waals surface area contributed by atoms with Gasteiger partial charge in [-0.3, -0.25) is 0 Å². The zero-order valence-corrected chi connectivity index (χ0v) is 19.0. The number of halogens is 1. The number of H-pyrrole nitrogens is 1. The molecule has 0 saturated heterocycles. The first-order chi connectivity index (χ1) is 15.6. The van der Waals surface area contributed by atoms with Crippen molar-refractivity contribution < 1.29 is 19.0 Å². The molecule has 0 bridgehead atoms. The van der Waals surface area contributed by atoms with Crippen molar-refractivity contribution in [3.63, 3.8) is 0 Å². The Bertz CT molecular complexity index is 1270. The maximum Gasteiger partial charge on any atom is 0.357 e. The number of rotatable bonds is 8. The van der Waals surface area contributed by atoms with E-state index >= 15 is 0 Å². The quantitative estimate of drug-likeness (QED) is 0.269. The molecular formula is C25H25ClN2O4. The third-order valence-electron chi connectivity index (χ3n) is 5.36. The average molecular weight is 453 g/mol. The molecular weight excluding hydrogens is 428 g/mol. The normalized spacial score (nSPS) is 12.4. The molecule has 2 aromatic heterocycles. The molecule has 4 rings (SSSR count). The molecule has 4 aromatic rings. The van der Waals surface area contributed by atoms with Crippen LogP contribution >= 0.6 is 11.6 Å². The summed E-state index contributed by atoms with van der Waals surface area (Å²) in [5, 5.41) is 2.52. The number of hydrogen-bond donors (Lipinski definition) is 1. The summed E-state index contributed by atoms with van der Waals surface area (Å²) in [7, 11) is 1.55. The summed E-state index contributed by atoms with van der Waals surface area (Å²) in [5.74, 6) is -0.510. The number of ether oxygens (including phenoxy) is 3. The summed E-state index contributed by atoms with van der Waals surface area (Å²) in [5.41, 5.74) is 4.55. The zero-order valence-electron chi connectivity index (χ0n) is 18.3. The molecule has 2 aromatic carbocycles. The van der Waals surface area contributed by atoms with Gasteiger partial charge in [0.25, 0.3) is 0 Å². The number of esters is 1. The number of aromatic amines is 1. The number of aromatic nitrogens is 2. The molecule has 0 aliphatic heterocycles. The standard InChI is InChI=1S/C25H25ClN2O4/c1-4-31-24(29)23-22(25(30-3)32-5-2)21-19(14-27-23)28-18-12-8-10-16(20(18)21)13-15-9-6-7-11-17(15)26/h6-12,14,25,28H,4-5,13H2,1-3H3. The van der Waals surface area contributed by atoms with Crippen molar-refractivity contribution in [3.05, 3.63) is 76.1 Å². The Hall–Kier alpha value is -2.93. The molecule has 1 unspecified atom stereocenters. The van der Waals surface area contributed by atoms with E-state index in [9.17, 15) is 4.79 Å². The van der Waals surface area contributed by atoms with Gasteiger partial charge in [-0.05, 0) is 43.5 Å². The Morgan fingerprint density at radius 2 is 1.81 bits per heavy atom. The van der Waals surface area contributed by atoms with Gasteiger partial charge in [0.2, 0.25) is 0 Å². The predicted molar refractivity (Wildman–Crippen MR) is 125 cm³/mol. The van der Waals surface area contributed by atoms with Gasteiger partial charge >= 0.3 is 5.97 Å². The minimum atomic E-state index is -0.775. The van der Waals surface area contributed by atoms with Crippen molar-refractivity contribution in [1.82, 2.24) is 9.97 Å². The number of pyridine rings is 1. The number of hydrogen-bond acceptors (Lipinski definition) is 5.